The Bertz CT molecular complexity index is 378. The number of nitrogens with one attached hydrogen (secondary N) is 1. The van der Waals surface area contributed by atoms with Gasteiger partial charge in [0.05, 0.1) is 6.20 Å². The van der Waals surface area contributed by atoms with Crippen LogP contribution in [0.4, 0.5) is 0 Å². The summed E-state index contributed by atoms with van der Waals surface area (Å²) in [5.74, 6) is 0.655. The van der Waals surface area contributed by atoms with Gasteiger partial charge in [0.2, 0.25) is 5.91 Å². The van der Waals surface area contributed by atoms with Gasteiger partial charge in [0, 0.05) is 25.2 Å². The molecule has 1 aliphatic rings. The third-order valence-electron chi connectivity index (χ3n) is 3.88. The van der Waals surface area contributed by atoms with Crippen LogP contribution in [0, 0.1) is 11.8 Å². The smallest absolute Gasteiger partial charge is 0.223 e. The highest BCUT2D eigenvalue weighted by Crippen LogP contribution is 2.29. The van der Waals surface area contributed by atoms with Crippen molar-refractivity contribution in [2.24, 2.45) is 17.6 Å². The lowest BCUT2D eigenvalue weighted by Gasteiger charge is -2.29. The molecule has 0 saturated heterocycles. The van der Waals surface area contributed by atoms with Gasteiger partial charge in [-0.25, -0.2) is 0 Å². The summed E-state index contributed by atoms with van der Waals surface area (Å²) in [6.45, 7) is 2.09. The van der Waals surface area contributed by atoms with Crippen LogP contribution in [0.2, 0.25) is 0 Å². The zero-order valence-corrected chi connectivity index (χ0v) is 11.3. The van der Waals surface area contributed by atoms with Crippen molar-refractivity contribution in [3.05, 3.63) is 12.4 Å². The Kier molecular flexibility index (Phi) is 5.32. The topological polar surface area (TPSA) is 85.8 Å². The summed E-state index contributed by atoms with van der Waals surface area (Å²) in [4.78, 5) is 12.1. The highest BCUT2D eigenvalue weighted by Gasteiger charge is 2.29. The Morgan fingerprint density at radius 3 is 3.00 bits per heavy atom. The molecule has 0 aromatic carbocycles. The van der Waals surface area contributed by atoms with Crippen LogP contribution in [0.3, 0.4) is 0 Å². The molecule has 2 rings (SSSR count). The van der Waals surface area contributed by atoms with Gasteiger partial charge in [0.15, 0.2) is 0 Å². The van der Waals surface area contributed by atoms with Gasteiger partial charge in [-0.1, -0.05) is 18.1 Å². The molecule has 0 bridgehead atoms. The third kappa shape index (κ3) is 4.02. The van der Waals surface area contributed by atoms with Crippen LogP contribution in [0.15, 0.2) is 12.4 Å². The summed E-state index contributed by atoms with van der Waals surface area (Å²) in [6.07, 6.45) is 8.78. The molecule has 2 unspecified atom stereocenters. The molecule has 3 N–H and O–H groups in total. The van der Waals surface area contributed by atoms with E-state index in [0.717, 1.165) is 32.2 Å². The van der Waals surface area contributed by atoms with E-state index < -0.39 is 0 Å². The fourth-order valence-electron chi connectivity index (χ4n) is 2.77. The first-order valence-electron chi connectivity index (χ1n) is 7.13. The number of rotatable bonds is 6. The molecule has 1 aromatic heterocycles. The summed E-state index contributed by atoms with van der Waals surface area (Å²) >= 11 is 0. The Labute approximate surface area is 113 Å². The monoisotopic (exact) mass is 265 g/mol. The molecule has 19 heavy (non-hydrogen) atoms. The minimum absolute atomic E-state index is 0.116. The normalized spacial score (nSPS) is 23.2. The SMILES string of the molecule is NCC1CCCCC1C(=O)NCCCn1ccnn1. The average Bonchev–Trinajstić information content (AvgIpc) is 2.96. The lowest BCUT2D eigenvalue weighted by molar-refractivity contribution is -0.127. The van der Waals surface area contributed by atoms with Gasteiger partial charge in [-0.15, -0.1) is 5.10 Å². The first kappa shape index (κ1) is 14.0. The Morgan fingerprint density at radius 2 is 2.26 bits per heavy atom. The predicted octanol–water partition coefficient (Wildman–Crippen LogP) is 0.550. The maximum atomic E-state index is 12.1. The van der Waals surface area contributed by atoms with Crippen LogP contribution >= 0.6 is 0 Å². The van der Waals surface area contributed by atoms with E-state index in [4.69, 9.17) is 5.73 Å². The van der Waals surface area contributed by atoms with Crippen LogP contribution in [0.5, 0.6) is 0 Å². The molecule has 1 aromatic rings. The molecule has 1 saturated carbocycles. The zero-order chi connectivity index (χ0) is 13.5. The van der Waals surface area contributed by atoms with Crippen molar-refractivity contribution in [2.45, 2.75) is 38.6 Å². The minimum atomic E-state index is 0.116. The number of hydrogen-bond donors (Lipinski definition) is 2. The highest BCUT2D eigenvalue weighted by molar-refractivity contribution is 5.79. The maximum Gasteiger partial charge on any atom is 0.223 e. The van der Waals surface area contributed by atoms with Crippen LogP contribution < -0.4 is 11.1 Å². The quantitative estimate of drug-likeness (QED) is 0.735. The van der Waals surface area contributed by atoms with Crippen LogP contribution in [0.1, 0.15) is 32.1 Å². The fourth-order valence-corrected chi connectivity index (χ4v) is 2.77. The lowest BCUT2D eigenvalue weighted by atomic mass is 9.79. The highest BCUT2D eigenvalue weighted by atomic mass is 16.1. The van der Waals surface area contributed by atoms with E-state index in [9.17, 15) is 4.79 Å². The molecule has 2 atom stereocenters. The maximum absolute atomic E-state index is 12.1. The van der Waals surface area contributed by atoms with Crippen molar-refractivity contribution >= 4 is 5.91 Å². The first-order chi connectivity index (χ1) is 9.31. The minimum Gasteiger partial charge on any atom is -0.356 e. The molecule has 106 valence electrons. The van der Waals surface area contributed by atoms with E-state index in [0.29, 0.717) is 19.0 Å². The first-order valence-corrected chi connectivity index (χ1v) is 7.13. The molecule has 1 heterocycles. The van der Waals surface area contributed by atoms with Crippen molar-refractivity contribution in [3.8, 4) is 0 Å². The number of nitrogens with two attached hydrogens (primary N) is 1. The van der Waals surface area contributed by atoms with Crippen LogP contribution in [-0.4, -0.2) is 34.0 Å². The number of nitrogens with zero attached hydrogens (tertiary/aromatic N) is 3. The Hall–Kier alpha value is -1.43. The van der Waals surface area contributed by atoms with Crippen molar-refractivity contribution < 1.29 is 4.79 Å². The summed E-state index contributed by atoms with van der Waals surface area (Å²) in [6, 6.07) is 0. The summed E-state index contributed by atoms with van der Waals surface area (Å²) < 4.78 is 1.77. The van der Waals surface area contributed by atoms with Gasteiger partial charge in [-0.3, -0.25) is 9.48 Å². The fraction of sp³-hybridized carbons (Fsp3) is 0.769. The van der Waals surface area contributed by atoms with E-state index in [1.807, 2.05) is 6.20 Å². The second kappa shape index (κ2) is 7.23. The number of hydrogen-bond acceptors (Lipinski definition) is 4. The third-order valence-corrected chi connectivity index (χ3v) is 3.88. The molecule has 6 nitrogen and oxygen atoms in total. The molecule has 1 fully saturated rings. The van der Waals surface area contributed by atoms with Crippen molar-refractivity contribution in [1.82, 2.24) is 20.3 Å². The van der Waals surface area contributed by atoms with E-state index in [2.05, 4.69) is 15.6 Å². The molecule has 1 amide bonds. The molecule has 0 aliphatic heterocycles. The van der Waals surface area contributed by atoms with Gasteiger partial charge in [0.1, 0.15) is 0 Å². The molecule has 1 aliphatic carbocycles. The number of aryl methyl sites for hydroxylation is 1. The average molecular weight is 265 g/mol. The number of aromatic nitrogens is 3. The summed E-state index contributed by atoms with van der Waals surface area (Å²) in [7, 11) is 0. The summed E-state index contributed by atoms with van der Waals surface area (Å²) in [5.41, 5.74) is 5.75. The van der Waals surface area contributed by atoms with E-state index in [1.165, 1.54) is 6.42 Å². The Morgan fingerprint density at radius 1 is 1.42 bits per heavy atom. The van der Waals surface area contributed by atoms with Gasteiger partial charge >= 0.3 is 0 Å². The van der Waals surface area contributed by atoms with Crippen molar-refractivity contribution in [3.63, 3.8) is 0 Å². The summed E-state index contributed by atoms with van der Waals surface area (Å²) in [5, 5.41) is 10.7. The van der Waals surface area contributed by atoms with Gasteiger partial charge in [-0.2, -0.15) is 0 Å². The van der Waals surface area contributed by atoms with Gasteiger partial charge in [-0.05, 0) is 31.7 Å². The predicted molar refractivity (Wildman–Crippen MR) is 72.2 cm³/mol. The van der Waals surface area contributed by atoms with E-state index in [-0.39, 0.29) is 11.8 Å². The molecular weight excluding hydrogens is 242 g/mol. The molecule has 6 heteroatoms. The van der Waals surface area contributed by atoms with E-state index >= 15 is 0 Å². The van der Waals surface area contributed by atoms with Gasteiger partial charge in [0.25, 0.3) is 0 Å². The van der Waals surface area contributed by atoms with Crippen LogP contribution in [0.25, 0.3) is 0 Å². The van der Waals surface area contributed by atoms with Crippen LogP contribution in [-0.2, 0) is 11.3 Å². The number of amides is 1. The number of carbonyl (C=O) groups excluding carboxylic acids is 1. The number of carbonyl (C=O) groups is 1. The second-order valence-corrected chi connectivity index (χ2v) is 5.20. The zero-order valence-electron chi connectivity index (χ0n) is 11.3. The lowest BCUT2D eigenvalue weighted by Crippen LogP contribution is -2.39. The molecule has 0 spiro atoms. The van der Waals surface area contributed by atoms with Crippen molar-refractivity contribution in [1.29, 1.82) is 0 Å². The van der Waals surface area contributed by atoms with E-state index in [1.54, 1.807) is 10.9 Å². The second-order valence-electron chi connectivity index (χ2n) is 5.20. The molecule has 0 radical (unpaired) electrons. The standard InChI is InChI=1S/C13H23N5O/c14-10-11-4-1-2-5-12(11)13(19)15-6-3-8-18-9-7-16-17-18/h7,9,11-12H,1-6,8,10,14H2,(H,15,19). The van der Waals surface area contributed by atoms with Gasteiger partial charge < -0.3 is 11.1 Å². The Balaban J connectivity index is 1.68. The largest absolute Gasteiger partial charge is 0.356 e. The van der Waals surface area contributed by atoms with Crippen molar-refractivity contribution in [2.75, 3.05) is 13.1 Å². The molecular formula is C13H23N5O.